The first-order chi connectivity index (χ1) is 7.00. The van der Waals surface area contributed by atoms with Gasteiger partial charge in [0, 0.05) is 6.54 Å². The van der Waals surface area contributed by atoms with Gasteiger partial charge in [-0.1, -0.05) is 12.8 Å². The molecule has 1 aliphatic carbocycles. The maximum Gasteiger partial charge on any atom is 0.239 e. The minimum absolute atomic E-state index is 0.127. The van der Waals surface area contributed by atoms with E-state index in [2.05, 4.69) is 5.32 Å². The van der Waals surface area contributed by atoms with E-state index in [1.807, 2.05) is 0 Å². The maximum atomic E-state index is 11.4. The Morgan fingerprint density at radius 3 is 2.60 bits per heavy atom. The van der Waals surface area contributed by atoms with Gasteiger partial charge in [0.15, 0.2) is 0 Å². The molecule has 0 aromatic rings. The third kappa shape index (κ3) is 4.62. The number of nitrogens with one attached hydrogen (secondary N) is 1. The minimum Gasteiger partial charge on any atom is -0.376 e. The molecule has 88 valence electrons. The summed E-state index contributed by atoms with van der Waals surface area (Å²) in [6.07, 6.45) is 5.28. The number of carbonyl (C=O) groups excluding carboxylic acids is 1. The highest BCUT2D eigenvalue weighted by Gasteiger charge is 2.21. The molecule has 0 heterocycles. The smallest absolute Gasteiger partial charge is 0.239 e. The van der Waals surface area contributed by atoms with Gasteiger partial charge in [-0.3, -0.25) is 4.79 Å². The Bertz CT molecular complexity index is 205. The highest BCUT2D eigenvalue weighted by atomic mass is 16.5. The number of nitrogens with two attached hydrogens (primary N) is 1. The van der Waals surface area contributed by atoms with E-state index in [0.717, 1.165) is 12.8 Å². The van der Waals surface area contributed by atoms with E-state index in [-0.39, 0.29) is 5.91 Å². The zero-order chi connectivity index (χ0) is 11.3. The van der Waals surface area contributed by atoms with Crippen LogP contribution in [0.15, 0.2) is 0 Å². The average molecular weight is 214 g/mol. The summed E-state index contributed by atoms with van der Waals surface area (Å²) in [4.78, 5) is 11.4. The van der Waals surface area contributed by atoms with Crippen LogP contribution in [-0.2, 0) is 9.53 Å². The molecule has 1 amide bonds. The van der Waals surface area contributed by atoms with Crippen LogP contribution >= 0.6 is 0 Å². The minimum atomic E-state index is -0.798. The fourth-order valence-corrected chi connectivity index (χ4v) is 1.67. The Hall–Kier alpha value is -0.610. The van der Waals surface area contributed by atoms with Crippen molar-refractivity contribution in [3.63, 3.8) is 0 Å². The summed E-state index contributed by atoms with van der Waals surface area (Å²) >= 11 is 0. The van der Waals surface area contributed by atoms with Crippen molar-refractivity contribution in [2.75, 3.05) is 13.2 Å². The van der Waals surface area contributed by atoms with E-state index >= 15 is 0 Å². The van der Waals surface area contributed by atoms with E-state index in [4.69, 9.17) is 10.5 Å². The van der Waals surface area contributed by atoms with Crippen LogP contribution in [0, 0.1) is 0 Å². The van der Waals surface area contributed by atoms with Crippen LogP contribution in [0.3, 0.4) is 0 Å². The summed E-state index contributed by atoms with van der Waals surface area (Å²) < 4.78 is 5.61. The molecule has 0 aromatic carbocycles. The highest BCUT2D eigenvalue weighted by molar-refractivity contribution is 5.84. The Morgan fingerprint density at radius 1 is 1.47 bits per heavy atom. The molecule has 0 bridgehead atoms. The van der Waals surface area contributed by atoms with Gasteiger partial charge in [-0.25, -0.2) is 0 Å². The van der Waals surface area contributed by atoms with Crippen molar-refractivity contribution in [1.29, 1.82) is 0 Å². The molecule has 4 heteroatoms. The van der Waals surface area contributed by atoms with Gasteiger partial charge in [0.1, 0.15) is 0 Å². The lowest BCUT2D eigenvalue weighted by Gasteiger charge is -2.18. The summed E-state index contributed by atoms with van der Waals surface area (Å²) in [6.45, 7) is 4.53. The van der Waals surface area contributed by atoms with Crippen molar-refractivity contribution in [2.45, 2.75) is 51.2 Å². The molecular formula is C11H22N2O2. The number of hydrogen-bond acceptors (Lipinski definition) is 3. The quantitative estimate of drug-likeness (QED) is 0.665. The molecule has 1 fully saturated rings. The van der Waals surface area contributed by atoms with Crippen molar-refractivity contribution in [2.24, 2.45) is 5.73 Å². The van der Waals surface area contributed by atoms with Gasteiger partial charge in [0.2, 0.25) is 5.91 Å². The normalized spacial score (nSPS) is 18.1. The largest absolute Gasteiger partial charge is 0.376 e. The van der Waals surface area contributed by atoms with Gasteiger partial charge in [-0.05, 0) is 26.7 Å². The Labute approximate surface area is 91.5 Å². The van der Waals surface area contributed by atoms with Gasteiger partial charge in [-0.2, -0.15) is 0 Å². The van der Waals surface area contributed by atoms with Crippen molar-refractivity contribution >= 4 is 5.91 Å². The fraction of sp³-hybridized carbons (Fsp3) is 0.909. The predicted octanol–water partition coefficient (Wildman–Crippen LogP) is 0.799. The molecule has 1 saturated carbocycles. The van der Waals surface area contributed by atoms with Crippen molar-refractivity contribution in [1.82, 2.24) is 5.32 Å². The second-order valence-corrected chi connectivity index (χ2v) is 4.75. The van der Waals surface area contributed by atoms with Crippen LogP contribution in [0.5, 0.6) is 0 Å². The third-order valence-electron chi connectivity index (χ3n) is 2.63. The topological polar surface area (TPSA) is 64.4 Å². The molecule has 4 nitrogen and oxygen atoms in total. The molecule has 0 saturated heterocycles. The van der Waals surface area contributed by atoms with Crippen LogP contribution in [0.25, 0.3) is 0 Å². The number of rotatable bonds is 5. The lowest BCUT2D eigenvalue weighted by atomic mass is 10.1. The average Bonchev–Trinajstić information content (AvgIpc) is 2.63. The lowest BCUT2D eigenvalue weighted by Crippen LogP contribution is -2.49. The predicted molar refractivity (Wildman–Crippen MR) is 59.5 cm³/mol. The SMILES string of the molecule is CC(C)(N)C(=O)NCCOC1CCCC1. The van der Waals surface area contributed by atoms with E-state index in [9.17, 15) is 4.79 Å². The fourth-order valence-electron chi connectivity index (χ4n) is 1.67. The van der Waals surface area contributed by atoms with E-state index < -0.39 is 5.54 Å². The van der Waals surface area contributed by atoms with Gasteiger partial charge in [0.25, 0.3) is 0 Å². The number of hydrogen-bond donors (Lipinski definition) is 2. The lowest BCUT2D eigenvalue weighted by molar-refractivity contribution is -0.125. The maximum absolute atomic E-state index is 11.4. The molecule has 15 heavy (non-hydrogen) atoms. The Balaban J connectivity index is 2.03. The summed E-state index contributed by atoms with van der Waals surface area (Å²) in [6, 6.07) is 0. The molecule has 3 N–H and O–H groups in total. The standard InChI is InChI=1S/C11H22N2O2/c1-11(2,12)10(14)13-7-8-15-9-5-3-4-6-9/h9H,3-8,12H2,1-2H3,(H,13,14). The third-order valence-corrected chi connectivity index (χ3v) is 2.63. The van der Waals surface area contributed by atoms with Crippen LogP contribution in [0.1, 0.15) is 39.5 Å². The second kappa shape index (κ2) is 5.47. The summed E-state index contributed by atoms with van der Waals surface area (Å²) in [5.74, 6) is -0.127. The number of amides is 1. The van der Waals surface area contributed by atoms with Gasteiger partial charge < -0.3 is 15.8 Å². The van der Waals surface area contributed by atoms with E-state index in [1.165, 1.54) is 12.8 Å². The first-order valence-corrected chi connectivity index (χ1v) is 5.69. The molecule has 1 rings (SSSR count). The molecular weight excluding hydrogens is 192 g/mol. The molecule has 0 unspecified atom stereocenters. The van der Waals surface area contributed by atoms with Crippen molar-refractivity contribution in [3.8, 4) is 0 Å². The monoisotopic (exact) mass is 214 g/mol. The second-order valence-electron chi connectivity index (χ2n) is 4.75. The summed E-state index contributed by atoms with van der Waals surface area (Å²) in [5.41, 5.74) is 4.83. The molecule has 0 radical (unpaired) electrons. The van der Waals surface area contributed by atoms with Crippen LogP contribution < -0.4 is 11.1 Å². The van der Waals surface area contributed by atoms with Gasteiger partial charge >= 0.3 is 0 Å². The molecule has 0 spiro atoms. The van der Waals surface area contributed by atoms with Crippen molar-refractivity contribution in [3.05, 3.63) is 0 Å². The summed E-state index contributed by atoms with van der Waals surface area (Å²) in [7, 11) is 0. The van der Waals surface area contributed by atoms with Crippen LogP contribution in [-0.4, -0.2) is 30.7 Å². The van der Waals surface area contributed by atoms with Gasteiger partial charge in [0.05, 0.1) is 18.2 Å². The highest BCUT2D eigenvalue weighted by Crippen LogP contribution is 2.20. The zero-order valence-electron chi connectivity index (χ0n) is 9.71. The number of ether oxygens (including phenoxy) is 1. The molecule has 0 aliphatic heterocycles. The first-order valence-electron chi connectivity index (χ1n) is 5.69. The summed E-state index contributed by atoms with van der Waals surface area (Å²) in [5, 5.41) is 2.76. The Kier molecular flexibility index (Phi) is 4.54. The number of carbonyl (C=O) groups is 1. The molecule has 1 aliphatic rings. The Morgan fingerprint density at radius 2 is 2.07 bits per heavy atom. The first kappa shape index (κ1) is 12.5. The zero-order valence-corrected chi connectivity index (χ0v) is 9.71. The molecule has 0 atom stereocenters. The van der Waals surface area contributed by atoms with E-state index in [0.29, 0.717) is 19.3 Å². The molecule has 0 aromatic heterocycles. The van der Waals surface area contributed by atoms with Crippen molar-refractivity contribution < 1.29 is 9.53 Å². The van der Waals surface area contributed by atoms with Gasteiger partial charge in [-0.15, -0.1) is 0 Å². The van der Waals surface area contributed by atoms with Crippen LogP contribution in [0.2, 0.25) is 0 Å². The van der Waals surface area contributed by atoms with Crippen LogP contribution in [0.4, 0.5) is 0 Å². The van der Waals surface area contributed by atoms with E-state index in [1.54, 1.807) is 13.8 Å².